The predicted octanol–water partition coefficient (Wildman–Crippen LogP) is 2.55. The van der Waals surface area contributed by atoms with Crippen LogP contribution in [0.2, 0.25) is 0 Å². The molecule has 1 amide bonds. The van der Waals surface area contributed by atoms with Gasteiger partial charge >= 0.3 is 0 Å². The van der Waals surface area contributed by atoms with E-state index in [0.717, 1.165) is 4.31 Å². The number of aromatic nitrogens is 2. The summed E-state index contributed by atoms with van der Waals surface area (Å²) in [5.41, 5.74) is 0.494. The van der Waals surface area contributed by atoms with Gasteiger partial charge in [0.25, 0.3) is 0 Å². The minimum absolute atomic E-state index is 0.0415. The van der Waals surface area contributed by atoms with Crippen LogP contribution in [0.5, 0.6) is 5.75 Å². The van der Waals surface area contributed by atoms with E-state index < -0.39 is 16.1 Å². The molecule has 1 heterocycles. The second-order valence-corrected chi connectivity index (χ2v) is 9.11. The number of benzene rings is 1. The second-order valence-electron chi connectivity index (χ2n) is 6.99. The van der Waals surface area contributed by atoms with Gasteiger partial charge in [0, 0.05) is 31.9 Å². The molecule has 2 rings (SSSR count). The van der Waals surface area contributed by atoms with Gasteiger partial charge in [0.1, 0.15) is 22.5 Å². The van der Waals surface area contributed by atoms with Gasteiger partial charge in [-0.1, -0.05) is 0 Å². The number of nitrogens with zero attached hydrogens (tertiary/aromatic N) is 3. The molecule has 0 aliphatic heterocycles. The molecule has 2 N–H and O–H groups in total. The molecule has 1 unspecified atom stereocenters. The van der Waals surface area contributed by atoms with Gasteiger partial charge in [-0.2, -0.15) is 5.10 Å². The molecule has 0 aliphatic rings. The first kappa shape index (κ1) is 22.7. The molecule has 0 fully saturated rings. The van der Waals surface area contributed by atoms with Crippen LogP contribution in [0.25, 0.3) is 0 Å². The molecule has 1 aromatic heterocycles. The summed E-state index contributed by atoms with van der Waals surface area (Å²) < 4.78 is 33.6. The van der Waals surface area contributed by atoms with Crippen molar-refractivity contribution < 1.29 is 17.9 Å². The van der Waals surface area contributed by atoms with E-state index >= 15 is 0 Å². The van der Waals surface area contributed by atoms with Crippen molar-refractivity contribution in [1.29, 1.82) is 0 Å². The monoisotopic (exact) mass is 423 g/mol. The molecule has 0 saturated carbocycles. The normalized spacial score (nSPS) is 12.8. The van der Waals surface area contributed by atoms with Gasteiger partial charge in [-0.05, 0) is 45.9 Å². The summed E-state index contributed by atoms with van der Waals surface area (Å²) in [6.07, 6.45) is 1.62. The Morgan fingerprint density at radius 1 is 1.24 bits per heavy atom. The number of carbonyl (C=O) groups excluding carboxylic acids is 1. The first-order valence-electron chi connectivity index (χ1n) is 9.38. The summed E-state index contributed by atoms with van der Waals surface area (Å²) >= 11 is 0. The predicted molar refractivity (Wildman–Crippen MR) is 113 cm³/mol. The van der Waals surface area contributed by atoms with Crippen LogP contribution in [-0.4, -0.2) is 55.2 Å². The summed E-state index contributed by atoms with van der Waals surface area (Å²) in [6, 6.07) is 5.96. The van der Waals surface area contributed by atoms with Crippen molar-refractivity contribution in [3.05, 3.63) is 30.5 Å². The van der Waals surface area contributed by atoms with E-state index in [2.05, 4.69) is 15.7 Å². The highest BCUT2D eigenvalue weighted by Gasteiger charge is 2.24. The molecular weight excluding hydrogens is 394 g/mol. The largest absolute Gasteiger partial charge is 0.492 e. The molecular formula is C19H29N5O4S. The molecule has 0 saturated heterocycles. The van der Waals surface area contributed by atoms with Crippen molar-refractivity contribution >= 4 is 27.4 Å². The Morgan fingerprint density at radius 3 is 2.52 bits per heavy atom. The lowest BCUT2D eigenvalue weighted by atomic mass is 10.2. The standard InChI is InChI=1S/C19H29N5O4S/c1-7-28-16-9-8-15(12-17(16)29(26,27)23(5)6)21-14(4)19(25)22-18-10-11-20-24(18)13(2)3/h8-14,21H,7H2,1-6H3,(H,22,25). The van der Waals surface area contributed by atoms with E-state index in [-0.39, 0.29) is 22.6 Å². The zero-order valence-electron chi connectivity index (χ0n) is 17.6. The lowest BCUT2D eigenvalue weighted by Gasteiger charge is -2.19. The molecule has 1 atom stereocenters. The Balaban J connectivity index is 2.22. The lowest BCUT2D eigenvalue weighted by Crippen LogP contribution is -2.33. The average molecular weight is 424 g/mol. The summed E-state index contributed by atoms with van der Waals surface area (Å²) in [6.45, 7) is 7.76. The summed E-state index contributed by atoms with van der Waals surface area (Å²) in [5, 5.41) is 10.1. The number of amides is 1. The number of rotatable bonds is 9. The molecule has 0 bridgehead atoms. The average Bonchev–Trinajstić information content (AvgIpc) is 3.11. The van der Waals surface area contributed by atoms with E-state index in [9.17, 15) is 13.2 Å². The number of sulfonamides is 1. The fourth-order valence-electron chi connectivity index (χ4n) is 2.65. The van der Waals surface area contributed by atoms with Gasteiger partial charge in [0.2, 0.25) is 15.9 Å². The van der Waals surface area contributed by atoms with Crippen molar-refractivity contribution in [2.24, 2.45) is 0 Å². The Bertz CT molecular complexity index is 953. The first-order chi connectivity index (χ1) is 13.6. The second kappa shape index (κ2) is 9.27. The highest BCUT2D eigenvalue weighted by Crippen LogP contribution is 2.29. The van der Waals surface area contributed by atoms with E-state index in [1.807, 2.05) is 13.8 Å². The van der Waals surface area contributed by atoms with Gasteiger partial charge in [0.15, 0.2) is 0 Å². The molecule has 0 spiro atoms. The van der Waals surface area contributed by atoms with Crippen LogP contribution in [0.4, 0.5) is 11.5 Å². The number of ether oxygens (including phenoxy) is 1. The first-order valence-corrected chi connectivity index (χ1v) is 10.8. The highest BCUT2D eigenvalue weighted by atomic mass is 32.2. The van der Waals surface area contributed by atoms with Crippen molar-refractivity contribution in [2.45, 2.75) is 44.7 Å². The van der Waals surface area contributed by atoms with Crippen LogP contribution in [0, 0.1) is 0 Å². The number of hydrogen-bond donors (Lipinski definition) is 2. The quantitative estimate of drug-likeness (QED) is 0.642. The molecule has 0 radical (unpaired) electrons. The molecule has 10 heteroatoms. The maximum absolute atomic E-state index is 12.6. The highest BCUT2D eigenvalue weighted by molar-refractivity contribution is 7.89. The van der Waals surface area contributed by atoms with Crippen LogP contribution >= 0.6 is 0 Å². The Morgan fingerprint density at radius 2 is 1.93 bits per heavy atom. The maximum Gasteiger partial charge on any atom is 0.247 e. The SMILES string of the molecule is CCOc1ccc(NC(C)C(=O)Nc2ccnn2C(C)C)cc1S(=O)(=O)N(C)C. The third-order valence-corrected chi connectivity index (χ3v) is 6.03. The zero-order chi connectivity index (χ0) is 21.8. The number of nitrogens with one attached hydrogen (secondary N) is 2. The van der Waals surface area contributed by atoms with Crippen molar-refractivity contribution in [1.82, 2.24) is 14.1 Å². The van der Waals surface area contributed by atoms with Gasteiger partial charge in [-0.25, -0.2) is 17.4 Å². The third-order valence-electron chi connectivity index (χ3n) is 4.19. The van der Waals surface area contributed by atoms with Gasteiger partial charge in [0.05, 0.1) is 12.8 Å². The van der Waals surface area contributed by atoms with Gasteiger partial charge in [-0.15, -0.1) is 0 Å². The van der Waals surface area contributed by atoms with Crippen LogP contribution in [-0.2, 0) is 14.8 Å². The van der Waals surface area contributed by atoms with Crippen molar-refractivity contribution in [2.75, 3.05) is 31.3 Å². The fraction of sp³-hybridized carbons (Fsp3) is 0.474. The van der Waals surface area contributed by atoms with Crippen LogP contribution < -0.4 is 15.4 Å². The topological polar surface area (TPSA) is 106 Å². The summed E-state index contributed by atoms with van der Waals surface area (Å²) in [5.74, 6) is 0.601. The van der Waals surface area contributed by atoms with Crippen molar-refractivity contribution in [3.63, 3.8) is 0 Å². The smallest absolute Gasteiger partial charge is 0.247 e. The van der Waals surface area contributed by atoms with E-state index in [1.54, 1.807) is 42.9 Å². The summed E-state index contributed by atoms with van der Waals surface area (Å²) in [7, 11) is -0.793. The van der Waals surface area contributed by atoms with Crippen LogP contribution in [0.1, 0.15) is 33.7 Å². The fourth-order valence-corrected chi connectivity index (χ4v) is 3.70. The molecule has 9 nitrogen and oxygen atoms in total. The zero-order valence-corrected chi connectivity index (χ0v) is 18.4. The van der Waals surface area contributed by atoms with Crippen LogP contribution in [0.3, 0.4) is 0 Å². The number of carbonyl (C=O) groups is 1. The molecule has 0 aliphatic carbocycles. The summed E-state index contributed by atoms with van der Waals surface area (Å²) in [4.78, 5) is 12.6. The van der Waals surface area contributed by atoms with Crippen molar-refractivity contribution in [3.8, 4) is 5.75 Å². The van der Waals surface area contributed by atoms with Crippen LogP contribution in [0.15, 0.2) is 35.4 Å². The minimum atomic E-state index is -3.71. The third kappa shape index (κ3) is 5.27. The molecule has 2 aromatic rings. The van der Waals surface area contributed by atoms with E-state index in [4.69, 9.17) is 4.74 Å². The molecule has 160 valence electrons. The maximum atomic E-state index is 12.6. The lowest BCUT2D eigenvalue weighted by molar-refractivity contribution is -0.116. The Kier molecular flexibility index (Phi) is 7.26. The van der Waals surface area contributed by atoms with Gasteiger partial charge in [-0.3, -0.25) is 4.79 Å². The van der Waals surface area contributed by atoms with E-state index in [0.29, 0.717) is 18.1 Å². The number of anilines is 2. The molecule has 29 heavy (non-hydrogen) atoms. The minimum Gasteiger partial charge on any atom is -0.492 e. The molecule has 1 aromatic carbocycles. The number of hydrogen-bond acceptors (Lipinski definition) is 6. The Hall–Kier alpha value is -2.59. The Labute approximate surface area is 172 Å². The van der Waals surface area contributed by atoms with E-state index in [1.165, 1.54) is 20.2 Å². The van der Waals surface area contributed by atoms with Gasteiger partial charge < -0.3 is 15.4 Å².